The highest BCUT2D eigenvalue weighted by atomic mass is 35.5. The van der Waals surface area contributed by atoms with Crippen LogP contribution in [0.15, 0.2) is 47.4 Å². The molecule has 0 saturated heterocycles. The first-order chi connectivity index (χ1) is 13.2. The third kappa shape index (κ3) is 5.00. The number of benzene rings is 2. The zero-order chi connectivity index (χ0) is 20.9. The minimum Gasteiger partial charge on any atom is -0.497 e. The lowest BCUT2D eigenvalue weighted by Crippen LogP contribution is -2.35. The summed E-state index contributed by atoms with van der Waals surface area (Å²) in [5.74, 6) is -0.700. The van der Waals surface area contributed by atoms with Crippen molar-refractivity contribution in [3.8, 4) is 5.75 Å². The number of rotatable bonds is 7. The van der Waals surface area contributed by atoms with Crippen LogP contribution in [0.5, 0.6) is 5.75 Å². The van der Waals surface area contributed by atoms with Crippen LogP contribution in [0.1, 0.15) is 10.4 Å². The number of ether oxygens (including phenoxy) is 2. The first-order valence-electron chi connectivity index (χ1n) is 7.97. The molecule has 0 aliphatic carbocycles. The van der Waals surface area contributed by atoms with Crippen molar-refractivity contribution in [2.24, 2.45) is 0 Å². The van der Waals surface area contributed by atoms with Crippen molar-refractivity contribution in [3.63, 3.8) is 0 Å². The van der Waals surface area contributed by atoms with E-state index in [0.29, 0.717) is 5.75 Å². The second-order valence-electron chi connectivity index (χ2n) is 5.67. The first-order valence-corrected chi connectivity index (χ1v) is 9.79. The van der Waals surface area contributed by atoms with Crippen molar-refractivity contribution in [2.45, 2.75) is 4.90 Å². The molecule has 0 aliphatic heterocycles. The smallest absolute Gasteiger partial charge is 0.337 e. The van der Waals surface area contributed by atoms with E-state index in [1.54, 1.807) is 0 Å². The van der Waals surface area contributed by atoms with Gasteiger partial charge in [-0.2, -0.15) is 4.31 Å². The molecule has 8 nitrogen and oxygen atoms in total. The van der Waals surface area contributed by atoms with E-state index < -0.39 is 28.4 Å². The Kier molecular flexibility index (Phi) is 7.00. The zero-order valence-electron chi connectivity index (χ0n) is 15.4. The maximum Gasteiger partial charge on any atom is 0.337 e. The van der Waals surface area contributed by atoms with E-state index >= 15 is 0 Å². The third-order valence-corrected chi connectivity index (χ3v) is 5.94. The van der Waals surface area contributed by atoms with E-state index in [1.165, 1.54) is 63.7 Å². The van der Waals surface area contributed by atoms with E-state index in [9.17, 15) is 18.0 Å². The lowest BCUT2D eigenvalue weighted by Gasteiger charge is -2.17. The average molecular weight is 427 g/mol. The topological polar surface area (TPSA) is 102 Å². The molecule has 28 heavy (non-hydrogen) atoms. The number of halogens is 1. The minimum atomic E-state index is -3.88. The van der Waals surface area contributed by atoms with E-state index in [1.807, 2.05) is 0 Å². The predicted molar refractivity (Wildman–Crippen MR) is 104 cm³/mol. The molecular weight excluding hydrogens is 408 g/mol. The monoisotopic (exact) mass is 426 g/mol. The molecule has 0 aliphatic rings. The second-order valence-corrected chi connectivity index (χ2v) is 8.12. The standard InChI is InChI=1S/C18H19ClN2O6S/c1-21(28(24,25)14-7-5-13(26-2)6-8-14)11-17(22)20-16-10-12(18(23)27-3)4-9-15(16)19/h4-10H,11H2,1-3H3,(H,20,22). The van der Waals surface area contributed by atoms with Crippen LogP contribution in [0.4, 0.5) is 5.69 Å². The number of nitrogens with zero attached hydrogens (tertiary/aromatic N) is 1. The highest BCUT2D eigenvalue weighted by Gasteiger charge is 2.23. The molecule has 2 aromatic carbocycles. The number of carbonyl (C=O) groups is 2. The highest BCUT2D eigenvalue weighted by molar-refractivity contribution is 7.89. The lowest BCUT2D eigenvalue weighted by atomic mass is 10.2. The fraction of sp³-hybridized carbons (Fsp3) is 0.222. The summed E-state index contributed by atoms with van der Waals surface area (Å²) in [6.07, 6.45) is 0. The molecule has 1 N–H and O–H groups in total. The number of hydrogen-bond donors (Lipinski definition) is 1. The molecule has 2 rings (SSSR count). The number of likely N-dealkylation sites (N-methyl/N-ethyl adjacent to an activating group) is 1. The summed E-state index contributed by atoms with van der Waals surface area (Å²) in [6.45, 7) is -0.451. The Labute approximate surface area is 168 Å². The molecule has 0 fully saturated rings. The number of amides is 1. The average Bonchev–Trinajstić information content (AvgIpc) is 2.68. The number of anilines is 1. The number of methoxy groups -OCH3 is 2. The summed E-state index contributed by atoms with van der Waals surface area (Å²) < 4.78 is 35.7. The Morgan fingerprint density at radius 3 is 2.32 bits per heavy atom. The van der Waals surface area contributed by atoms with Crippen molar-refractivity contribution < 1.29 is 27.5 Å². The molecule has 0 saturated carbocycles. The Morgan fingerprint density at radius 2 is 1.75 bits per heavy atom. The molecule has 0 aromatic heterocycles. The summed E-state index contributed by atoms with van der Waals surface area (Å²) >= 11 is 6.03. The minimum absolute atomic E-state index is 0.0225. The molecular formula is C18H19ClN2O6S. The molecule has 0 heterocycles. The van der Waals surface area contributed by atoms with Crippen molar-refractivity contribution in [2.75, 3.05) is 33.1 Å². The van der Waals surface area contributed by atoms with E-state index in [0.717, 1.165) is 4.31 Å². The van der Waals surface area contributed by atoms with Gasteiger partial charge in [-0.1, -0.05) is 11.6 Å². The maximum atomic E-state index is 12.6. The van der Waals surface area contributed by atoms with Gasteiger partial charge in [0.1, 0.15) is 5.75 Å². The van der Waals surface area contributed by atoms with Gasteiger partial charge in [-0.15, -0.1) is 0 Å². The van der Waals surface area contributed by atoms with E-state index in [4.69, 9.17) is 16.3 Å². The van der Waals surface area contributed by atoms with Crippen molar-refractivity contribution in [1.29, 1.82) is 0 Å². The van der Waals surface area contributed by atoms with Crippen LogP contribution in [-0.4, -0.2) is 52.4 Å². The van der Waals surface area contributed by atoms with Crippen LogP contribution in [0.2, 0.25) is 5.02 Å². The van der Waals surface area contributed by atoms with Crippen LogP contribution in [0, 0.1) is 0 Å². The normalized spacial score (nSPS) is 11.2. The molecule has 0 atom stereocenters. The van der Waals surface area contributed by atoms with Gasteiger partial charge in [0, 0.05) is 7.05 Å². The SMILES string of the molecule is COC(=O)c1ccc(Cl)c(NC(=O)CN(C)S(=O)(=O)c2ccc(OC)cc2)c1. The number of esters is 1. The van der Waals surface area contributed by atoms with Gasteiger partial charge >= 0.3 is 5.97 Å². The number of carbonyl (C=O) groups excluding carboxylic acids is 2. The van der Waals surface area contributed by atoms with Gasteiger partial charge in [-0.25, -0.2) is 13.2 Å². The quantitative estimate of drug-likeness (QED) is 0.682. The van der Waals surface area contributed by atoms with Crippen LogP contribution in [0.25, 0.3) is 0 Å². The molecule has 0 spiro atoms. The fourth-order valence-electron chi connectivity index (χ4n) is 2.27. The Balaban J connectivity index is 2.12. The van der Waals surface area contributed by atoms with Crippen molar-refractivity contribution in [1.82, 2.24) is 4.31 Å². The second kappa shape index (κ2) is 9.05. The summed E-state index contributed by atoms with van der Waals surface area (Å²) in [4.78, 5) is 23.9. The molecule has 2 aromatic rings. The van der Waals surface area contributed by atoms with Gasteiger partial charge in [-0.3, -0.25) is 4.79 Å². The van der Waals surface area contributed by atoms with Gasteiger partial charge in [-0.05, 0) is 42.5 Å². The summed E-state index contributed by atoms with van der Waals surface area (Å²) in [5.41, 5.74) is 0.367. The molecule has 0 bridgehead atoms. The number of sulfonamides is 1. The zero-order valence-corrected chi connectivity index (χ0v) is 17.0. The van der Waals surface area contributed by atoms with Crippen molar-refractivity contribution >= 4 is 39.2 Å². The first kappa shape index (κ1) is 21.7. The Hall–Kier alpha value is -2.62. The van der Waals surface area contributed by atoms with Gasteiger partial charge < -0.3 is 14.8 Å². The molecule has 0 unspecified atom stereocenters. The number of hydrogen-bond acceptors (Lipinski definition) is 6. The Bertz CT molecular complexity index is 976. The van der Waals surface area contributed by atoms with Crippen LogP contribution < -0.4 is 10.1 Å². The lowest BCUT2D eigenvalue weighted by molar-refractivity contribution is -0.116. The number of nitrogens with one attached hydrogen (secondary N) is 1. The molecule has 0 radical (unpaired) electrons. The predicted octanol–water partition coefficient (Wildman–Crippen LogP) is 2.39. The third-order valence-electron chi connectivity index (χ3n) is 3.80. The molecule has 1 amide bonds. The van der Waals surface area contributed by atoms with Crippen LogP contribution >= 0.6 is 11.6 Å². The highest BCUT2D eigenvalue weighted by Crippen LogP contribution is 2.24. The maximum absolute atomic E-state index is 12.6. The Morgan fingerprint density at radius 1 is 1.11 bits per heavy atom. The summed E-state index contributed by atoms with van der Waals surface area (Å²) in [5, 5.41) is 2.69. The van der Waals surface area contributed by atoms with Gasteiger partial charge in [0.2, 0.25) is 15.9 Å². The van der Waals surface area contributed by atoms with Gasteiger partial charge in [0.05, 0.1) is 41.9 Å². The van der Waals surface area contributed by atoms with Crippen LogP contribution in [-0.2, 0) is 19.6 Å². The molecule has 10 heteroatoms. The fourth-order valence-corrected chi connectivity index (χ4v) is 3.56. The van der Waals surface area contributed by atoms with Crippen LogP contribution in [0.3, 0.4) is 0 Å². The van der Waals surface area contributed by atoms with E-state index in [-0.39, 0.29) is 21.2 Å². The van der Waals surface area contributed by atoms with Gasteiger partial charge in [0.25, 0.3) is 0 Å². The largest absolute Gasteiger partial charge is 0.497 e. The summed E-state index contributed by atoms with van der Waals surface area (Å²) in [7, 11) is 0.109. The molecule has 150 valence electrons. The van der Waals surface area contributed by atoms with Gasteiger partial charge in [0.15, 0.2) is 0 Å². The van der Waals surface area contributed by atoms with E-state index in [2.05, 4.69) is 10.1 Å². The summed E-state index contributed by atoms with van der Waals surface area (Å²) in [6, 6.07) is 10.0. The van der Waals surface area contributed by atoms with Crippen molar-refractivity contribution in [3.05, 3.63) is 53.1 Å².